The van der Waals surface area contributed by atoms with Crippen LogP contribution < -0.4 is 5.32 Å². The number of carboxylic acids is 1. The summed E-state index contributed by atoms with van der Waals surface area (Å²) in [5, 5.41) is 19.1. The van der Waals surface area contributed by atoms with E-state index in [4.69, 9.17) is 0 Å². The van der Waals surface area contributed by atoms with E-state index >= 15 is 0 Å². The normalized spacial score (nSPS) is 11.9. The van der Waals surface area contributed by atoms with Gasteiger partial charge in [0.15, 0.2) is 0 Å². The average molecular weight is 318 g/mol. The van der Waals surface area contributed by atoms with E-state index in [9.17, 15) is 19.5 Å². The number of carbonyl (C=O) groups excluding carboxylic acids is 2. The van der Waals surface area contributed by atoms with Crippen LogP contribution in [0.2, 0.25) is 0 Å². The van der Waals surface area contributed by atoms with Crippen molar-refractivity contribution in [3.8, 4) is 0 Å². The van der Waals surface area contributed by atoms with Gasteiger partial charge in [-0.15, -0.1) is 0 Å². The first-order valence-electron chi connectivity index (χ1n) is 7.12. The van der Waals surface area contributed by atoms with Crippen molar-refractivity contribution in [2.75, 3.05) is 13.1 Å². The predicted molar refractivity (Wildman–Crippen MR) is 82.9 cm³/mol. The SMILES string of the molecule is CC(=O)NCCN(C(=O)c1cccc2[nH]ncc12)C(C)C(=O)O. The summed E-state index contributed by atoms with van der Waals surface area (Å²) in [5.74, 6) is -1.77. The van der Waals surface area contributed by atoms with E-state index in [1.807, 2.05) is 0 Å². The topological polar surface area (TPSA) is 115 Å². The summed E-state index contributed by atoms with van der Waals surface area (Å²) in [6, 6.07) is 4.09. The van der Waals surface area contributed by atoms with Crippen LogP contribution in [0, 0.1) is 0 Å². The summed E-state index contributed by atoms with van der Waals surface area (Å²) in [4.78, 5) is 36.3. The number of nitrogens with one attached hydrogen (secondary N) is 2. The highest BCUT2D eigenvalue weighted by Crippen LogP contribution is 2.19. The Bertz CT molecular complexity index is 740. The summed E-state index contributed by atoms with van der Waals surface area (Å²) in [5.41, 5.74) is 1.06. The number of hydrogen-bond acceptors (Lipinski definition) is 4. The smallest absolute Gasteiger partial charge is 0.326 e. The standard InChI is InChI=1S/C15H18N4O4/c1-9(15(22)23)19(7-6-16-10(2)20)14(21)11-4-3-5-13-12(11)8-17-18-13/h3-5,8-9H,6-7H2,1-2H3,(H,16,20)(H,17,18)(H,22,23). The molecule has 0 spiro atoms. The van der Waals surface area contributed by atoms with Crippen LogP contribution >= 0.6 is 0 Å². The van der Waals surface area contributed by atoms with Gasteiger partial charge in [0.25, 0.3) is 5.91 Å². The van der Waals surface area contributed by atoms with Gasteiger partial charge in [-0.05, 0) is 19.1 Å². The first-order valence-corrected chi connectivity index (χ1v) is 7.12. The summed E-state index contributed by atoms with van der Waals surface area (Å²) < 4.78 is 0. The highest BCUT2D eigenvalue weighted by atomic mass is 16.4. The van der Waals surface area contributed by atoms with E-state index in [2.05, 4.69) is 15.5 Å². The molecule has 1 heterocycles. The maximum Gasteiger partial charge on any atom is 0.326 e. The third-order valence-corrected chi connectivity index (χ3v) is 3.53. The van der Waals surface area contributed by atoms with Gasteiger partial charge in [0.05, 0.1) is 17.3 Å². The van der Waals surface area contributed by atoms with Gasteiger partial charge < -0.3 is 15.3 Å². The van der Waals surface area contributed by atoms with Crippen molar-refractivity contribution in [2.45, 2.75) is 19.9 Å². The molecule has 1 aromatic heterocycles. The van der Waals surface area contributed by atoms with E-state index in [1.165, 1.54) is 24.9 Å². The largest absolute Gasteiger partial charge is 0.480 e. The minimum Gasteiger partial charge on any atom is -0.480 e. The van der Waals surface area contributed by atoms with Crippen molar-refractivity contribution in [3.63, 3.8) is 0 Å². The van der Waals surface area contributed by atoms with Crippen LogP contribution in [-0.2, 0) is 9.59 Å². The number of H-pyrrole nitrogens is 1. The third-order valence-electron chi connectivity index (χ3n) is 3.53. The fraction of sp³-hybridized carbons (Fsp3) is 0.333. The summed E-state index contributed by atoms with van der Waals surface area (Å²) in [6.45, 7) is 3.07. The number of aliphatic carboxylic acids is 1. The zero-order chi connectivity index (χ0) is 17.0. The van der Waals surface area contributed by atoms with Gasteiger partial charge in [0, 0.05) is 25.4 Å². The Morgan fingerprint density at radius 3 is 2.78 bits per heavy atom. The fourth-order valence-corrected chi connectivity index (χ4v) is 2.27. The summed E-state index contributed by atoms with van der Waals surface area (Å²) >= 11 is 0. The molecular formula is C15H18N4O4. The van der Waals surface area contributed by atoms with Crippen LogP contribution in [0.15, 0.2) is 24.4 Å². The molecule has 2 aromatic rings. The third kappa shape index (κ3) is 3.65. The van der Waals surface area contributed by atoms with E-state index in [1.54, 1.807) is 18.2 Å². The quantitative estimate of drug-likeness (QED) is 0.722. The number of rotatable bonds is 6. The van der Waals surface area contributed by atoms with Gasteiger partial charge >= 0.3 is 5.97 Å². The number of carbonyl (C=O) groups is 3. The molecule has 8 heteroatoms. The molecule has 0 saturated carbocycles. The van der Waals surface area contributed by atoms with E-state index in [0.717, 1.165) is 0 Å². The van der Waals surface area contributed by atoms with Crippen LogP contribution in [0.25, 0.3) is 10.9 Å². The van der Waals surface area contributed by atoms with Gasteiger partial charge in [-0.2, -0.15) is 5.10 Å². The molecule has 122 valence electrons. The number of fused-ring (bicyclic) bond motifs is 1. The van der Waals surface area contributed by atoms with E-state index in [0.29, 0.717) is 16.5 Å². The van der Waals surface area contributed by atoms with Gasteiger partial charge in [-0.1, -0.05) is 6.07 Å². The Balaban J connectivity index is 2.30. The van der Waals surface area contributed by atoms with E-state index < -0.39 is 17.9 Å². The van der Waals surface area contributed by atoms with Crippen molar-refractivity contribution in [1.82, 2.24) is 20.4 Å². The number of hydrogen-bond donors (Lipinski definition) is 3. The van der Waals surface area contributed by atoms with Gasteiger partial charge in [0.1, 0.15) is 6.04 Å². The molecular weight excluding hydrogens is 300 g/mol. The van der Waals surface area contributed by atoms with Gasteiger partial charge in [-0.25, -0.2) is 4.79 Å². The lowest BCUT2D eigenvalue weighted by molar-refractivity contribution is -0.141. The number of aromatic amines is 1. The molecule has 0 aliphatic rings. The summed E-state index contributed by atoms with van der Waals surface area (Å²) in [6.07, 6.45) is 1.53. The lowest BCUT2D eigenvalue weighted by Gasteiger charge is -2.27. The lowest BCUT2D eigenvalue weighted by atomic mass is 10.1. The van der Waals surface area contributed by atoms with Crippen molar-refractivity contribution in [2.24, 2.45) is 0 Å². The zero-order valence-corrected chi connectivity index (χ0v) is 12.9. The molecule has 0 aliphatic carbocycles. The van der Waals surface area contributed by atoms with Gasteiger partial charge in [0.2, 0.25) is 5.91 Å². The number of nitrogens with zero attached hydrogens (tertiary/aromatic N) is 2. The van der Waals surface area contributed by atoms with E-state index in [-0.39, 0.29) is 19.0 Å². The average Bonchev–Trinajstić information content (AvgIpc) is 2.98. The second-order valence-electron chi connectivity index (χ2n) is 5.13. The van der Waals surface area contributed by atoms with Crippen LogP contribution in [-0.4, -0.2) is 57.1 Å². The van der Waals surface area contributed by atoms with Gasteiger partial charge in [-0.3, -0.25) is 14.7 Å². The molecule has 2 amide bonds. The molecule has 0 fully saturated rings. The minimum atomic E-state index is -1.11. The molecule has 8 nitrogen and oxygen atoms in total. The zero-order valence-electron chi connectivity index (χ0n) is 12.9. The fourth-order valence-electron chi connectivity index (χ4n) is 2.27. The number of carboxylic acid groups (broad SMARTS) is 1. The predicted octanol–water partition coefficient (Wildman–Crippen LogP) is 0.614. The van der Waals surface area contributed by atoms with Crippen molar-refractivity contribution in [3.05, 3.63) is 30.0 Å². The molecule has 0 saturated heterocycles. The summed E-state index contributed by atoms with van der Waals surface area (Å²) in [7, 11) is 0. The monoisotopic (exact) mass is 318 g/mol. The first kappa shape index (κ1) is 16.5. The molecule has 0 aliphatic heterocycles. The molecule has 1 unspecified atom stereocenters. The Kier molecular flexibility index (Phi) is 4.95. The Morgan fingerprint density at radius 2 is 2.13 bits per heavy atom. The second-order valence-corrected chi connectivity index (χ2v) is 5.13. The Labute approximate surface area is 132 Å². The highest BCUT2D eigenvalue weighted by Gasteiger charge is 2.27. The molecule has 2 rings (SSSR count). The maximum absolute atomic E-state index is 12.8. The molecule has 0 bridgehead atoms. The lowest BCUT2D eigenvalue weighted by Crippen LogP contribution is -2.46. The molecule has 1 atom stereocenters. The minimum absolute atomic E-state index is 0.0973. The molecule has 3 N–H and O–H groups in total. The first-order chi connectivity index (χ1) is 10.9. The van der Waals surface area contributed by atoms with Crippen molar-refractivity contribution in [1.29, 1.82) is 0 Å². The molecule has 0 radical (unpaired) electrons. The number of benzene rings is 1. The number of aromatic nitrogens is 2. The van der Waals surface area contributed by atoms with Crippen LogP contribution in [0.4, 0.5) is 0 Å². The number of amides is 2. The van der Waals surface area contributed by atoms with Crippen LogP contribution in [0.1, 0.15) is 24.2 Å². The van der Waals surface area contributed by atoms with Crippen molar-refractivity contribution >= 4 is 28.7 Å². The van der Waals surface area contributed by atoms with Crippen LogP contribution in [0.3, 0.4) is 0 Å². The second kappa shape index (κ2) is 6.91. The van der Waals surface area contributed by atoms with Crippen molar-refractivity contribution < 1.29 is 19.5 Å². The molecule has 23 heavy (non-hydrogen) atoms. The van der Waals surface area contributed by atoms with Crippen LogP contribution in [0.5, 0.6) is 0 Å². The molecule has 1 aromatic carbocycles. The highest BCUT2D eigenvalue weighted by molar-refractivity contribution is 6.07. The maximum atomic E-state index is 12.8. The Hall–Kier alpha value is -2.90. The Morgan fingerprint density at radius 1 is 1.39 bits per heavy atom.